The Morgan fingerprint density at radius 2 is 1.84 bits per heavy atom. The Balaban J connectivity index is 1.76. The molecule has 0 atom stereocenters. The highest BCUT2D eigenvalue weighted by Crippen LogP contribution is 2.13. The number of hydrazone groups is 1. The maximum Gasteiger partial charge on any atom is 0.187 e. The number of ether oxygens (including phenoxy) is 2. The summed E-state index contributed by atoms with van der Waals surface area (Å²) in [7, 11) is 1.64. The zero-order valence-corrected chi connectivity index (χ0v) is 15.3. The smallest absolute Gasteiger partial charge is 0.187 e. The number of rotatable bonds is 8. The van der Waals surface area contributed by atoms with Crippen molar-refractivity contribution in [3.05, 3.63) is 65.2 Å². The lowest BCUT2D eigenvalue weighted by atomic mass is 10.2. The molecule has 0 bridgehead atoms. The molecule has 2 aromatic carbocycles. The number of hydrogen-bond acceptors (Lipinski definition) is 4. The normalized spacial score (nSPS) is 10.6. The van der Waals surface area contributed by atoms with Crippen molar-refractivity contribution in [3.63, 3.8) is 0 Å². The second-order valence-corrected chi connectivity index (χ2v) is 5.87. The van der Waals surface area contributed by atoms with E-state index < -0.39 is 0 Å². The van der Waals surface area contributed by atoms with Crippen molar-refractivity contribution in [2.45, 2.75) is 13.5 Å². The third-order valence-electron chi connectivity index (χ3n) is 3.38. The molecular weight excluding hydrogens is 334 g/mol. The van der Waals surface area contributed by atoms with Crippen LogP contribution in [0.2, 0.25) is 0 Å². The van der Waals surface area contributed by atoms with E-state index in [-0.39, 0.29) is 0 Å². The fourth-order valence-corrected chi connectivity index (χ4v) is 2.13. The molecule has 5 nitrogen and oxygen atoms in total. The van der Waals surface area contributed by atoms with Gasteiger partial charge in [0.05, 0.1) is 12.8 Å². The fraction of sp³-hybridized carbons (Fsp3) is 0.263. The first-order valence-electron chi connectivity index (χ1n) is 8.01. The van der Waals surface area contributed by atoms with Gasteiger partial charge >= 0.3 is 0 Å². The van der Waals surface area contributed by atoms with Crippen molar-refractivity contribution in [1.29, 1.82) is 0 Å². The summed E-state index contributed by atoms with van der Waals surface area (Å²) in [6, 6.07) is 16.0. The first kappa shape index (κ1) is 18.9. The molecule has 0 heterocycles. The summed E-state index contributed by atoms with van der Waals surface area (Å²) in [5.74, 6) is 0.822. The molecule has 0 spiro atoms. The van der Waals surface area contributed by atoms with Gasteiger partial charge in [0.1, 0.15) is 12.4 Å². The second-order valence-electron chi connectivity index (χ2n) is 5.46. The quantitative estimate of drug-likeness (QED) is 0.329. The molecule has 2 aromatic rings. The monoisotopic (exact) mass is 357 g/mol. The summed E-state index contributed by atoms with van der Waals surface area (Å²) in [6.07, 6.45) is 1.70. The molecule has 2 N–H and O–H groups in total. The molecule has 0 radical (unpaired) electrons. The number of benzene rings is 2. The van der Waals surface area contributed by atoms with E-state index in [1.54, 1.807) is 13.3 Å². The van der Waals surface area contributed by atoms with Crippen LogP contribution in [0.1, 0.15) is 16.7 Å². The second kappa shape index (κ2) is 10.4. The van der Waals surface area contributed by atoms with E-state index in [1.165, 1.54) is 5.56 Å². The number of nitrogens with zero attached hydrogens (tertiary/aromatic N) is 1. The van der Waals surface area contributed by atoms with E-state index in [0.717, 1.165) is 16.9 Å². The van der Waals surface area contributed by atoms with E-state index in [2.05, 4.69) is 47.0 Å². The summed E-state index contributed by atoms with van der Waals surface area (Å²) in [6.45, 7) is 3.86. The van der Waals surface area contributed by atoms with Crippen molar-refractivity contribution < 1.29 is 9.47 Å². The maximum atomic E-state index is 5.78. The highest BCUT2D eigenvalue weighted by molar-refractivity contribution is 7.80. The van der Waals surface area contributed by atoms with Gasteiger partial charge in [-0.25, -0.2) is 0 Å². The van der Waals surface area contributed by atoms with Gasteiger partial charge in [-0.1, -0.05) is 29.8 Å². The average Bonchev–Trinajstić information content (AvgIpc) is 2.62. The molecule has 25 heavy (non-hydrogen) atoms. The van der Waals surface area contributed by atoms with Crippen LogP contribution in [0.15, 0.2) is 53.6 Å². The number of nitrogens with one attached hydrogen (secondary N) is 2. The standard InChI is InChI=1S/C19H23N3O2S/c1-15-3-5-17(6-4-15)14-24-18-9-7-16(8-10-18)13-21-22-19(25)20-11-12-23-2/h3-10,13H,11-12,14H2,1-2H3,(H2,20,22,25)/b21-13-. The lowest BCUT2D eigenvalue weighted by Gasteiger charge is -2.07. The van der Waals surface area contributed by atoms with Crippen LogP contribution in [-0.2, 0) is 11.3 Å². The van der Waals surface area contributed by atoms with Crippen LogP contribution >= 0.6 is 12.2 Å². The highest BCUT2D eigenvalue weighted by Gasteiger charge is 1.97. The molecule has 0 aliphatic heterocycles. The van der Waals surface area contributed by atoms with E-state index in [0.29, 0.717) is 24.9 Å². The first-order valence-corrected chi connectivity index (χ1v) is 8.42. The Kier molecular flexibility index (Phi) is 7.88. The van der Waals surface area contributed by atoms with E-state index in [4.69, 9.17) is 21.7 Å². The van der Waals surface area contributed by atoms with Gasteiger partial charge < -0.3 is 14.8 Å². The van der Waals surface area contributed by atoms with Gasteiger partial charge in [-0.05, 0) is 54.5 Å². The van der Waals surface area contributed by atoms with Crippen molar-refractivity contribution in [3.8, 4) is 5.75 Å². The Morgan fingerprint density at radius 1 is 1.12 bits per heavy atom. The molecule has 132 valence electrons. The number of aryl methyl sites for hydroxylation is 1. The largest absolute Gasteiger partial charge is 0.489 e. The number of hydrogen-bond donors (Lipinski definition) is 2. The van der Waals surface area contributed by atoms with E-state index >= 15 is 0 Å². The van der Waals surface area contributed by atoms with E-state index in [9.17, 15) is 0 Å². The SMILES string of the molecule is COCCNC(=S)N/N=C\c1ccc(OCc2ccc(C)cc2)cc1. The Hall–Kier alpha value is -2.44. The third-order valence-corrected chi connectivity index (χ3v) is 3.61. The van der Waals surface area contributed by atoms with Crippen LogP contribution in [0.3, 0.4) is 0 Å². The van der Waals surface area contributed by atoms with Crippen molar-refractivity contribution >= 4 is 23.5 Å². The molecule has 6 heteroatoms. The number of methoxy groups -OCH3 is 1. The van der Waals surface area contributed by atoms with Crippen molar-refractivity contribution in [2.75, 3.05) is 20.3 Å². The van der Waals surface area contributed by atoms with Crippen LogP contribution in [0.5, 0.6) is 5.75 Å². The Labute approximate surface area is 154 Å². The van der Waals surface area contributed by atoms with Gasteiger partial charge in [-0.3, -0.25) is 5.43 Å². The van der Waals surface area contributed by atoms with Crippen LogP contribution in [0.25, 0.3) is 0 Å². The topological polar surface area (TPSA) is 54.9 Å². The van der Waals surface area contributed by atoms with Gasteiger partial charge in [-0.2, -0.15) is 5.10 Å². The molecule has 0 aliphatic rings. The molecule has 0 aromatic heterocycles. The molecule has 0 fully saturated rings. The molecule has 2 rings (SSSR count). The summed E-state index contributed by atoms with van der Waals surface area (Å²) in [5, 5.41) is 7.53. The van der Waals surface area contributed by atoms with Crippen LogP contribution in [0.4, 0.5) is 0 Å². The molecule has 0 unspecified atom stereocenters. The van der Waals surface area contributed by atoms with Gasteiger partial charge in [0.2, 0.25) is 0 Å². The summed E-state index contributed by atoms with van der Waals surface area (Å²) in [4.78, 5) is 0. The van der Waals surface area contributed by atoms with Crippen LogP contribution < -0.4 is 15.5 Å². The Morgan fingerprint density at radius 3 is 2.52 bits per heavy atom. The Bertz CT molecular complexity index is 685. The van der Waals surface area contributed by atoms with Crippen LogP contribution in [-0.4, -0.2) is 31.6 Å². The lowest BCUT2D eigenvalue weighted by Crippen LogP contribution is -2.34. The molecule has 0 aliphatic carbocycles. The predicted octanol–water partition coefficient (Wildman–Crippen LogP) is 3.02. The van der Waals surface area contributed by atoms with Crippen LogP contribution in [0, 0.1) is 6.92 Å². The minimum absolute atomic E-state index is 0.464. The first-order chi connectivity index (χ1) is 12.2. The predicted molar refractivity (Wildman–Crippen MR) is 105 cm³/mol. The number of thiocarbonyl (C=S) groups is 1. The maximum absolute atomic E-state index is 5.78. The lowest BCUT2D eigenvalue weighted by molar-refractivity contribution is 0.204. The summed E-state index contributed by atoms with van der Waals surface area (Å²) >= 11 is 5.08. The van der Waals surface area contributed by atoms with Gasteiger partial charge in [0, 0.05) is 13.7 Å². The van der Waals surface area contributed by atoms with E-state index in [1.807, 2.05) is 24.3 Å². The molecule has 0 saturated heterocycles. The zero-order chi connectivity index (χ0) is 17.9. The molecule has 0 saturated carbocycles. The zero-order valence-electron chi connectivity index (χ0n) is 14.5. The third kappa shape index (κ3) is 7.32. The highest BCUT2D eigenvalue weighted by atomic mass is 32.1. The van der Waals surface area contributed by atoms with Crippen molar-refractivity contribution in [1.82, 2.24) is 10.7 Å². The summed E-state index contributed by atoms with van der Waals surface area (Å²) < 4.78 is 10.7. The average molecular weight is 357 g/mol. The molecular formula is C19H23N3O2S. The minimum atomic E-state index is 0.464. The van der Waals surface area contributed by atoms with Gasteiger partial charge in [0.25, 0.3) is 0 Å². The van der Waals surface area contributed by atoms with Crippen molar-refractivity contribution in [2.24, 2.45) is 5.10 Å². The van der Waals surface area contributed by atoms with Gasteiger partial charge in [0.15, 0.2) is 5.11 Å². The minimum Gasteiger partial charge on any atom is -0.489 e. The fourth-order valence-electron chi connectivity index (χ4n) is 1.97. The van der Waals surface area contributed by atoms with Gasteiger partial charge in [-0.15, -0.1) is 0 Å². The summed E-state index contributed by atoms with van der Waals surface area (Å²) in [5.41, 5.74) is 6.11. The molecule has 0 amide bonds.